The molecule has 0 amide bonds. The minimum absolute atomic E-state index is 0.0402. The molecule has 18 heavy (non-hydrogen) atoms. The molecule has 2 heterocycles. The first-order valence-corrected chi connectivity index (χ1v) is 5.18. The number of nitrogens with zero attached hydrogens (tertiary/aromatic N) is 1. The van der Waals surface area contributed by atoms with Crippen LogP contribution in [0, 0.1) is 5.82 Å². The van der Waals surface area contributed by atoms with E-state index in [-0.39, 0.29) is 12.5 Å². The summed E-state index contributed by atoms with van der Waals surface area (Å²) in [4.78, 5) is 0. The van der Waals surface area contributed by atoms with Crippen molar-refractivity contribution < 1.29 is 18.6 Å². The third-order valence-electron chi connectivity index (χ3n) is 2.64. The Kier molecular flexibility index (Phi) is 2.26. The molecule has 0 radical (unpaired) electrons. The van der Waals surface area contributed by atoms with Crippen LogP contribution in [0.15, 0.2) is 12.1 Å². The van der Waals surface area contributed by atoms with E-state index < -0.39 is 5.82 Å². The zero-order valence-electron chi connectivity index (χ0n) is 9.49. The summed E-state index contributed by atoms with van der Waals surface area (Å²) in [5, 5.41) is 6.50. The molecule has 1 aliphatic heterocycles. The number of hydrogen-bond donors (Lipinski definition) is 2. The van der Waals surface area contributed by atoms with E-state index in [1.54, 1.807) is 6.07 Å². The number of benzene rings is 1. The average molecular weight is 251 g/mol. The second kappa shape index (κ2) is 3.80. The fourth-order valence-corrected chi connectivity index (χ4v) is 1.90. The molecule has 0 atom stereocenters. The second-order valence-electron chi connectivity index (χ2n) is 3.71. The first kappa shape index (κ1) is 10.7. The van der Waals surface area contributed by atoms with Crippen LogP contribution < -0.4 is 19.9 Å². The topological polar surface area (TPSA) is 82.4 Å². The largest absolute Gasteiger partial charge is 0.493 e. The molecule has 2 aromatic rings. The summed E-state index contributed by atoms with van der Waals surface area (Å²) in [5.41, 5.74) is 6.46. The molecule has 6 nitrogen and oxygen atoms in total. The van der Waals surface area contributed by atoms with Crippen LogP contribution in [0.4, 0.5) is 10.2 Å². The minimum Gasteiger partial charge on any atom is -0.493 e. The number of fused-ring (bicyclic) bond motifs is 1. The first-order chi connectivity index (χ1) is 8.70. The Morgan fingerprint density at radius 1 is 1.44 bits per heavy atom. The Bertz CT molecular complexity index is 608. The number of aromatic amines is 1. The van der Waals surface area contributed by atoms with Gasteiger partial charge in [-0.05, 0) is 0 Å². The van der Waals surface area contributed by atoms with Gasteiger partial charge in [0, 0.05) is 12.1 Å². The lowest BCUT2D eigenvalue weighted by Crippen LogP contribution is -1.95. The van der Waals surface area contributed by atoms with E-state index in [9.17, 15) is 4.39 Å². The Hall–Kier alpha value is -2.44. The van der Waals surface area contributed by atoms with Crippen LogP contribution >= 0.6 is 0 Å². The minimum atomic E-state index is -0.537. The maximum absolute atomic E-state index is 13.9. The SMILES string of the molecule is COc1c(F)cc2c(c1-c1cc(N)n[nH]1)OCO2. The van der Waals surface area contributed by atoms with Crippen molar-refractivity contribution in [2.75, 3.05) is 19.6 Å². The van der Waals surface area contributed by atoms with Gasteiger partial charge in [0.2, 0.25) is 6.79 Å². The molecule has 1 aromatic heterocycles. The number of anilines is 1. The molecule has 0 aliphatic carbocycles. The summed E-state index contributed by atoms with van der Waals surface area (Å²) in [5.74, 6) is 0.560. The Morgan fingerprint density at radius 3 is 2.94 bits per heavy atom. The van der Waals surface area contributed by atoms with E-state index in [4.69, 9.17) is 19.9 Å². The van der Waals surface area contributed by atoms with Crippen molar-refractivity contribution >= 4 is 5.82 Å². The van der Waals surface area contributed by atoms with Gasteiger partial charge in [0.15, 0.2) is 23.1 Å². The highest BCUT2D eigenvalue weighted by molar-refractivity contribution is 5.79. The maximum Gasteiger partial charge on any atom is 0.231 e. The molecule has 3 N–H and O–H groups in total. The van der Waals surface area contributed by atoms with Crippen molar-refractivity contribution in [3.63, 3.8) is 0 Å². The molecular weight excluding hydrogens is 241 g/mol. The molecule has 7 heteroatoms. The van der Waals surface area contributed by atoms with E-state index in [0.717, 1.165) is 0 Å². The molecule has 0 fully saturated rings. The van der Waals surface area contributed by atoms with Crippen LogP contribution in [0.2, 0.25) is 0 Å². The van der Waals surface area contributed by atoms with E-state index in [1.165, 1.54) is 13.2 Å². The second-order valence-corrected chi connectivity index (χ2v) is 3.71. The van der Waals surface area contributed by atoms with Crippen LogP contribution in [0.3, 0.4) is 0 Å². The normalized spacial score (nSPS) is 12.8. The molecule has 0 spiro atoms. The van der Waals surface area contributed by atoms with E-state index >= 15 is 0 Å². The number of nitrogen functional groups attached to an aromatic ring is 1. The lowest BCUT2D eigenvalue weighted by molar-refractivity contribution is 0.174. The van der Waals surface area contributed by atoms with Crippen molar-refractivity contribution in [3.8, 4) is 28.5 Å². The van der Waals surface area contributed by atoms with Gasteiger partial charge < -0.3 is 19.9 Å². The van der Waals surface area contributed by atoms with Gasteiger partial charge >= 0.3 is 0 Å². The predicted molar refractivity (Wildman–Crippen MR) is 61.1 cm³/mol. The number of ether oxygens (including phenoxy) is 3. The fraction of sp³-hybridized carbons (Fsp3) is 0.182. The van der Waals surface area contributed by atoms with E-state index in [2.05, 4.69) is 10.2 Å². The number of hydrogen-bond acceptors (Lipinski definition) is 5. The number of nitrogens with two attached hydrogens (primary N) is 1. The number of methoxy groups -OCH3 is 1. The molecule has 3 rings (SSSR count). The lowest BCUT2D eigenvalue weighted by atomic mass is 10.1. The number of H-pyrrole nitrogens is 1. The summed E-state index contributed by atoms with van der Waals surface area (Å²) >= 11 is 0. The molecule has 0 saturated heterocycles. The Balaban J connectivity index is 2.29. The quantitative estimate of drug-likeness (QED) is 0.845. The highest BCUT2D eigenvalue weighted by Crippen LogP contribution is 2.47. The predicted octanol–water partition coefficient (Wildman–Crippen LogP) is 1.54. The molecule has 0 unspecified atom stereocenters. The molecular formula is C11H10FN3O3. The van der Waals surface area contributed by atoms with Gasteiger partial charge in [0.25, 0.3) is 0 Å². The van der Waals surface area contributed by atoms with Gasteiger partial charge in [-0.1, -0.05) is 0 Å². The summed E-state index contributed by atoms with van der Waals surface area (Å²) in [6.45, 7) is 0.0402. The summed E-state index contributed by atoms with van der Waals surface area (Å²) in [7, 11) is 1.38. The number of halogens is 1. The lowest BCUT2D eigenvalue weighted by Gasteiger charge is -2.10. The molecule has 1 aliphatic rings. The van der Waals surface area contributed by atoms with Crippen molar-refractivity contribution in [1.82, 2.24) is 10.2 Å². The number of aromatic nitrogens is 2. The van der Waals surface area contributed by atoms with Crippen LogP contribution in [-0.2, 0) is 0 Å². The van der Waals surface area contributed by atoms with E-state index in [1.807, 2.05) is 0 Å². The Labute approximate surface area is 101 Å². The van der Waals surface area contributed by atoms with Crippen molar-refractivity contribution in [3.05, 3.63) is 17.9 Å². The highest BCUT2D eigenvalue weighted by Gasteiger charge is 2.27. The summed E-state index contributed by atoms with van der Waals surface area (Å²) < 4.78 is 29.4. The van der Waals surface area contributed by atoms with Crippen molar-refractivity contribution in [2.45, 2.75) is 0 Å². The summed E-state index contributed by atoms with van der Waals surface area (Å²) in [6.07, 6.45) is 0. The fourth-order valence-electron chi connectivity index (χ4n) is 1.90. The smallest absolute Gasteiger partial charge is 0.231 e. The van der Waals surface area contributed by atoms with Gasteiger partial charge in [-0.25, -0.2) is 4.39 Å². The zero-order chi connectivity index (χ0) is 12.7. The zero-order valence-corrected chi connectivity index (χ0v) is 9.49. The highest BCUT2D eigenvalue weighted by atomic mass is 19.1. The van der Waals surface area contributed by atoms with E-state index in [0.29, 0.717) is 28.6 Å². The van der Waals surface area contributed by atoms with Gasteiger partial charge in [-0.15, -0.1) is 0 Å². The van der Waals surface area contributed by atoms with Crippen LogP contribution in [-0.4, -0.2) is 24.1 Å². The van der Waals surface area contributed by atoms with Gasteiger partial charge in [0.1, 0.15) is 5.82 Å². The van der Waals surface area contributed by atoms with Crippen LogP contribution in [0.1, 0.15) is 0 Å². The van der Waals surface area contributed by atoms with Gasteiger partial charge in [-0.2, -0.15) is 5.10 Å². The monoisotopic (exact) mass is 251 g/mol. The maximum atomic E-state index is 13.9. The average Bonchev–Trinajstić information content (AvgIpc) is 2.95. The first-order valence-electron chi connectivity index (χ1n) is 5.18. The molecule has 1 aromatic carbocycles. The molecule has 94 valence electrons. The van der Waals surface area contributed by atoms with Crippen molar-refractivity contribution in [1.29, 1.82) is 0 Å². The Morgan fingerprint density at radius 2 is 2.28 bits per heavy atom. The molecule has 0 saturated carbocycles. The van der Waals surface area contributed by atoms with Crippen LogP contribution in [0.25, 0.3) is 11.3 Å². The summed E-state index contributed by atoms with van der Waals surface area (Å²) in [6, 6.07) is 2.80. The van der Waals surface area contributed by atoms with Gasteiger partial charge in [-0.3, -0.25) is 5.10 Å². The third kappa shape index (κ3) is 1.44. The van der Waals surface area contributed by atoms with Crippen molar-refractivity contribution in [2.24, 2.45) is 0 Å². The standard InChI is InChI=1S/C11H10FN3O3/c1-16-10-5(12)2-7-11(18-4-17-7)9(10)6-3-8(13)15-14-6/h2-3H,4H2,1H3,(H3,13,14,15). The third-order valence-corrected chi connectivity index (χ3v) is 2.64. The van der Waals surface area contributed by atoms with Crippen LogP contribution in [0.5, 0.6) is 17.2 Å². The number of nitrogens with one attached hydrogen (secondary N) is 1. The van der Waals surface area contributed by atoms with Gasteiger partial charge in [0.05, 0.1) is 18.4 Å². The number of rotatable bonds is 2. The molecule has 0 bridgehead atoms.